The normalized spacial score (nSPS) is 20.3. The molecule has 0 saturated carbocycles. The lowest BCUT2D eigenvalue weighted by molar-refractivity contribution is -0.117. The van der Waals surface area contributed by atoms with Gasteiger partial charge >= 0.3 is 0 Å². The number of thiophene rings is 1. The van der Waals surface area contributed by atoms with Crippen LogP contribution in [0.2, 0.25) is 0 Å². The molecule has 1 atom stereocenters. The predicted molar refractivity (Wildman–Crippen MR) is 107 cm³/mol. The number of carbonyl (C=O) groups excluding carboxylic acids is 1. The van der Waals surface area contributed by atoms with Crippen LogP contribution in [0.25, 0.3) is 10.8 Å². The van der Waals surface area contributed by atoms with Gasteiger partial charge in [-0.15, -0.1) is 11.3 Å². The Kier molecular flexibility index (Phi) is 3.87. The Labute approximate surface area is 171 Å². The maximum absolute atomic E-state index is 12.6. The van der Waals surface area contributed by atoms with E-state index in [1.54, 1.807) is 16.2 Å². The van der Waals surface area contributed by atoms with Crippen molar-refractivity contribution in [2.45, 2.75) is 38.0 Å². The molecule has 0 bridgehead atoms. The second-order valence-electron chi connectivity index (χ2n) is 7.67. The minimum Gasteiger partial charge on any atom is -0.454 e. The molecule has 8 heteroatoms. The summed E-state index contributed by atoms with van der Waals surface area (Å²) in [7, 11) is 0. The molecule has 1 aromatic carbocycles. The van der Waals surface area contributed by atoms with E-state index in [1.807, 2.05) is 18.2 Å². The van der Waals surface area contributed by atoms with Crippen LogP contribution in [0.15, 0.2) is 28.8 Å². The van der Waals surface area contributed by atoms with Crippen molar-refractivity contribution in [3.8, 4) is 22.3 Å². The van der Waals surface area contributed by atoms with Crippen LogP contribution in [0.4, 0.5) is 5.69 Å². The van der Waals surface area contributed by atoms with Crippen LogP contribution in [0, 0.1) is 0 Å². The van der Waals surface area contributed by atoms with E-state index in [-0.39, 0.29) is 18.6 Å². The van der Waals surface area contributed by atoms with Gasteiger partial charge in [-0.1, -0.05) is 5.16 Å². The number of amides is 1. The van der Waals surface area contributed by atoms with Gasteiger partial charge in [0.25, 0.3) is 5.89 Å². The molecular formula is C21H19N3O4S. The summed E-state index contributed by atoms with van der Waals surface area (Å²) in [5.41, 5.74) is 2.22. The molecule has 0 radical (unpaired) electrons. The van der Waals surface area contributed by atoms with E-state index >= 15 is 0 Å². The van der Waals surface area contributed by atoms with Gasteiger partial charge in [0, 0.05) is 35.5 Å². The number of anilines is 1. The summed E-state index contributed by atoms with van der Waals surface area (Å²) in [5.74, 6) is 2.50. The molecule has 4 heterocycles. The van der Waals surface area contributed by atoms with Crippen molar-refractivity contribution in [1.29, 1.82) is 0 Å². The number of rotatable bonds is 3. The summed E-state index contributed by atoms with van der Waals surface area (Å²) in [5, 5.41) is 4.20. The van der Waals surface area contributed by atoms with Crippen molar-refractivity contribution < 1.29 is 18.8 Å². The summed E-state index contributed by atoms with van der Waals surface area (Å²) in [6.45, 7) is 0.742. The second-order valence-corrected chi connectivity index (χ2v) is 8.80. The number of fused-ring (bicyclic) bond motifs is 2. The van der Waals surface area contributed by atoms with Crippen LogP contribution < -0.4 is 14.4 Å². The molecule has 148 valence electrons. The van der Waals surface area contributed by atoms with Crippen LogP contribution in [0.3, 0.4) is 0 Å². The van der Waals surface area contributed by atoms with Gasteiger partial charge in [0.2, 0.25) is 12.7 Å². The second kappa shape index (κ2) is 6.59. The molecule has 1 unspecified atom stereocenters. The fourth-order valence-electron chi connectivity index (χ4n) is 4.28. The number of benzene rings is 1. The van der Waals surface area contributed by atoms with Gasteiger partial charge < -0.3 is 18.9 Å². The van der Waals surface area contributed by atoms with E-state index in [4.69, 9.17) is 14.0 Å². The van der Waals surface area contributed by atoms with Crippen molar-refractivity contribution in [1.82, 2.24) is 10.1 Å². The third-order valence-electron chi connectivity index (χ3n) is 5.81. The smallest absolute Gasteiger partial charge is 0.268 e. The molecule has 3 aromatic rings. The number of aryl methyl sites for hydroxylation is 2. The van der Waals surface area contributed by atoms with Gasteiger partial charge in [-0.05, 0) is 49.4 Å². The molecule has 2 aromatic heterocycles. The summed E-state index contributed by atoms with van der Waals surface area (Å²) in [4.78, 5) is 21.5. The van der Waals surface area contributed by atoms with Crippen LogP contribution >= 0.6 is 11.3 Å². The number of ether oxygens (including phenoxy) is 2. The van der Waals surface area contributed by atoms with Crippen molar-refractivity contribution in [2.24, 2.45) is 0 Å². The maximum Gasteiger partial charge on any atom is 0.268 e. The van der Waals surface area contributed by atoms with Crippen molar-refractivity contribution in [3.05, 3.63) is 40.5 Å². The highest BCUT2D eigenvalue weighted by Crippen LogP contribution is 2.39. The number of carbonyl (C=O) groups is 1. The highest BCUT2D eigenvalue weighted by atomic mass is 32.1. The fraction of sp³-hybridized carbons (Fsp3) is 0.381. The predicted octanol–water partition coefficient (Wildman–Crippen LogP) is 3.93. The lowest BCUT2D eigenvalue weighted by Crippen LogP contribution is -2.24. The van der Waals surface area contributed by atoms with E-state index in [0.29, 0.717) is 36.2 Å². The molecule has 1 aliphatic carbocycles. The highest BCUT2D eigenvalue weighted by Gasteiger charge is 2.35. The van der Waals surface area contributed by atoms with E-state index in [1.165, 1.54) is 23.3 Å². The largest absolute Gasteiger partial charge is 0.454 e. The first-order valence-corrected chi connectivity index (χ1v) is 10.7. The standard InChI is InChI=1S/C21H19N3O4S/c25-19-8-13(10-24(19)14-5-6-15-16(9-14)27-11-26-15)20-22-21(28-23-20)18-7-12-3-1-2-4-17(12)29-18/h5-7,9,13H,1-4,8,10-11H2. The average molecular weight is 409 g/mol. The summed E-state index contributed by atoms with van der Waals surface area (Å²) in [6.07, 6.45) is 5.14. The van der Waals surface area contributed by atoms with Gasteiger partial charge in [-0.2, -0.15) is 4.98 Å². The monoisotopic (exact) mass is 409 g/mol. The van der Waals surface area contributed by atoms with Gasteiger partial charge in [-0.3, -0.25) is 4.79 Å². The first kappa shape index (κ1) is 17.0. The minimum atomic E-state index is -0.0833. The molecular weight excluding hydrogens is 390 g/mol. The fourth-order valence-corrected chi connectivity index (χ4v) is 5.46. The van der Waals surface area contributed by atoms with Crippen LogP contribution in [-0.4, -0.2) is 29.4 Å². The van der Waals surface area contributed by atoms with Gasteiger partial charge in [0.1, 0.15) is 0 Å². The van der Waals surface area contributed by atoms with Gasteiger partial charge in [0.15, 0.2) is 17.3 Å². The lowest BCUT2D eigenvalue weighted by Gasteiger charge is -2.16. The minimum absolute atomic E-state index is 0.0480. The molecule has 2 aliphatic heterocycles. The van der Waals surface area contributed by atoms with E-state index < -0.39 is 0 Å². The molecule has 6 rings (SSSR count). The Hall–Kier alpha value is -2.87. The number of aromatic nitrogens is 2. The number of nitrogens with zero attached hydrogens (tertiary/aromatic N) is 3. The van der Waals surface area contributed by atoms with Crippen LogP contribution in [-0.2, 0) is 17.6 Å². The Morgan fingerprint density at radius 1 is 1.10 bits per heavy atom. The summed E-state index contributed by atoms with van der Waals surface area (Å²) in [6, 6.07) is 7.75. The zero-order valence-corrected chi connectivity index (χ0v) is 16.5. The molecule has 1 fully saturated rings. The van der Waals surface area contributed by atoms with E-state index in [9.17, 15) is 4.79 Å². The molecule has 7 nitrogen and oxygen atoms in total. The Morgan fingerprint density at radius 3 is 2.93 bits per heavy atom. The zero-order chi connectivity index (χ0) is 19.4. The molecule has 1 amide bonds. The van der Waals surface area contributed by atoms with Crippen molar-refractivity contribution in [3.63, 3.8) is 0 Å². The Morgan fingerprint density at radius 2 is 2.00 bits per heavy atom. The van der Waals surface area contributed by atoms with Crippen molar-refractivity contribution in [2.75, 3.05) is 18.2 Å². The summed E-state index contributed by atoms with van der Waals surface area (Å²) >= 11 is 1.75. The van der Waals surface area contributed by atoms with E-state index in [0.717, 1.165) is 23.4 Å². The molecule has 1 saturated heterocycles. The number of hydrogen-bond donors (Lipinski definition) is 0. The Bertz CT molecular complexity index is 1080. The lowest BCUT2D eigenvalue weighted by atomic mass is 9.99. The van der Waals surface area contributed by atoms with Crippen LogP contribution in [0.5, 0.6) is 11.5 Å². The third-order valence-corrected chi connectivity index (χ3v) is 7.03. The van der Waals surface area contributed by atoms with Gasteiger partial charge in [-0.25, -0.2) is 0 Å². The van der Waals surface area contributed by atoms with Crippen LogP contribution in [0.1, 0.15) is 41.4 Å². The molecule has 0 N–H and O–H groups in total. The van der Waals surface area contributed by atoms with E-state index in [2.05, 4.69) is 16.2 Å². The average Bonchev–Trinajstić information content (AvgIpc) is 3.50. The van der Waals surface area contributed by atoms with Crippen molar-refractivity contribution >= 4 is 22.9 Å². The topological polar surface area (TPSA) is 77.7 Å². The quantitative estimate of drug-likeness (QED) is 0.652. The summed E-state index contributed by atoms with van der Waals surface area (Å²) < 4.78 is 16.3. The Balaban J connectivity index is 1.23. The molecule has 3 aliphatic rings. The first-order valence-electron chi connectivity index (χ1n) is 9.90. The molecule has 0 spiro atoms. The number of hydrogen-bond acceptors (Lipinski definition) is 7. The third kappa shape index (κ3) is 2.90. The zero-order valence-electron chi connectivity index (χ0n) is 15.7. The molecule has 29 heavy (non-hydrogen) atoms. The highest BCUT2D eigenvalue weighted by molar-refractivity contribution is 7.15. The maximum atomic E-state index is 12.6. The SMILES string of the molecule is O=C1CC(c2noc(-c3cc4c(s3)CCCC4)n2)CN1c1ccc2c(c1)OCO2. The first-order chi connectivity index (χ1) is 14.2. The van der Waals surface area contributed by atoms with Gasteiger partial charge in [0.05, 0.1) is 4.88 Å².